The average molecular weight is 363 g/mol. The van der Waals surface area contributed by atoms with Crippen LogP contribution in [-0.4, -0.2) is 43.8 Å². The molecule has 0 radical (unpaired) electrons. The number of aryl methyl sites for hydroxylation is 1. The number of carbonyl (C=O) groups excluding carboxylic acids is 1. The number of para-hydroxylation sites is 1. The van der Waals surface area contributed by atoms with Crippen LogP contribution in [0.2, 0.25) is 0 Å². The van der Waals surface area contributed by atoms with Gasteiger partial charge in [0, 0.05) is 13.1 Å². The maximum atomic E-state index is 12.5. The highest BCUT2D eigenvalue weighted by Gasteiger charge is 2.33. The molecule has 1 aliphatic heterocycles. The first-order chi connectivity index (χ1) is 11.9. The van der Waals surface area contributed by atoms with E-state index in [1.54, 1.807) is 19.2 Å². The first kappa shape index (κ1) is 17.5. The van der Waals surface area contributed by atoms with Crippen molar-refractivity contribution < 1.29 is 22.4 Å². The zero-order chi connectivity index (χ0) is 18.0. The van der Waals surface area contributed by atoms with Crippen molar-refractivity contribution in [3.8, 4) is 5.75 Å². The van der Waals surface area contributed by atoms with Gasteiger partial charge in [-0.3, -0.25) is 4.79 Å². The summed E-state index contributed by atoms with van der Waals surface area (Å²) in [6, 6.07) is 10.7. The van der Waals surface area contributed by atoms with E-state index >= 15 is 0 Å². The van der Waals surface area contributed by atoms with Crippen molar-refractivity contribution in [3.05, 3.63) is 53.5 Å². The second-order valence-electron chi connectivity index (χ2n) is 6.29. The number of nitrogens with zero attached hydrogens (tertiary/aromatic N) is 1. The van der Waals surface area contributed by atoms with E-state index in [4.69, 9.17) is 9.15 Å². The lowest BCUT2D eigenvalue weighted by Crippen LogP contribution is -2.37. The minimum Gasteiger partial charge on any atom is -0.485 e. The van der Waals surface area contributed by atoms with Crippen LogP contribution in [0.4, 0.5) is 0 Å². The Morgan fingerprint density at radius 1 is 1.28 bits per heavy atom. The van der Waals surface area contributed by atoms with E-state index in [0.29, 0.717) is 12.2 Å². The summed E-state index contributed by atoms with van der Waals surface area (Å²) in [6.45, 7) is 2.18. The quantitative estimate of drug-likeness (QED) is 0.815. The molecule has 1 atom stereocenters. The monoisotopic (exact) mass is 363 g/mol. The number of furan rings is 1. The van der Waals surface area contributed by atoms with Crippen LogP contribution in [0, 0.1) is 6.92 Å². The average Bonchev–Trinajstić information content (AvgIpc) is 3.19. The van der Waals surface area contributed by atoms with Crippen LogP contribution in [0.1, 0.15) is 28.3 Å². The van der Waals surface area contributed by atoms with Gasteiger partial charge in [-0.25, -0.2) is 8.42 Å². The van der Waals surface area contributed by atoms with Gasteiger partial charge in [0.25, 0.3) is 5.91 Å². The van der Waals surface area contributed by atoms with Crippen LogP contribution in [-0.2, 0) is 16.4 Å². The molecule has 1 saturated heterocycles. The second-order valence-corrected chi connectivity index (χ2v) is 8.52. The molecule has 1 aromatic carbocycles. The van der Waals surface area contributed by atoms with Crippen molar-refractivity contribution in [2.24, 2.45) is 0 Å². The Hall–Kier alpha value is -2.28. The predicted octanol–water partition coefficient (Wildman–Crippen LogP) is 2.43. The SMILES string of the molecule is Cc1ccccc1OCc1ccc(C(=O)N(C)[C@H]2CCS(=O)(=O)C2)o1. The summed E-state index contributed by atoms with van der Waals surface area (Å²) < 4.78 is 34.4. The van der Waals surface area contributed by atoms with E-state index in [1.165, 1.54) is 4.90 Å². The first-order valence-electron chi connectivity index (χ1n) is 8.10. The van der Waals surface area contributed by atoms with Crippen molar-refractivity contribution in [2.45, 2.75) is 26.0 Å². The maximum absolute atomic E-state index is 12.5. The van der Waals surface area contributed by atoms with Crippen molar-refractivity contribution in [3.63, 3.8) is 0 Å². The molecular formula is C18H21NO5S. The van der Waals surface area contributed by atoms with E-state index in [0.717, 1.165) is 11.3 Å². The van der Waals surface area contributed by atoms with Gasteiger partial charge < -0.3 is 14.1 Å². The number of hydrogen-bond donors (Lipinski definition) is 0. The fourth-order valence-electron chi connectivity index (χ4n) is 2.86. The number of ether oxygens (including phenoxy) is 1. The molecular weight excluding hydrogens is 342 g/mol. The zero-order valence-electron chi connectivity index (χ0n) is 14.3. The van der Waals surface area contributed by atoms with Crippen molar-refractivity contribution in [2.75, 3.05) is 18.6 Å². The molecule has 6 nitrogen and oxygen atoms in total. The lowest BCUT2D eigenvalue weighted by molar-refractivity contribution is 0.0711. The molecule has 0 unspecified atom stereocenters. The molecule has 0 N–H and O–H groups in total. The van der Waals surface area contributed by atoms with E-state index in [9.17, 15) is 13.2 Å². The third kappa shape index (κ3) is 4.04. The highest BCUT2D eigenvalue weighted by atomic mass is 32.2. The Kier molecular flexibility index (Phi) is 4.85. The smallest absolute Gasteiger partial charge is 0.289 e. The molecule has 134 valence electrons. The highest BCUT2D eigenvalue weighted by Crippen LogP contribution is 2.21. The van der Waals surface area contributed by atoms with E-state index in [1.807, 2.05) is 31.2 Å². The van der Waals surface area contributed by atoms with Crippen LogP contribution in [0.5, 0.6) is 5.75 Å². The van der Waals surface area contributed by atoms with Crippen molar-refractivity contribution >= 4 is 15.7 Å². The summed E-state index contributed by atoms with van der Waals surface area (Å²) in [5.41, 5.74) is 1.02. The normalized spacial score (nSPS) is 18.9. The van der Waals surface area contributed by atoms with Crippen LogP contribution in [0.3, 0.4) is 0 Å². The molecule has 0 saturated carbocycles. The van der Waals surface area contributed by atoms with Gasteiger partial charge in [-0.2, -0.15) is 0 Å². The summed E-state index contributed by atoms with van der Waals surface area (Å²) in [4.78, 5) is 13.9. The van der Waals surface area contributed by atoms with Gasteiger partial charge in [-0.1, -0.05) is 18.2 Å². The van der Waals surface area contributed by atoms with Crippen molar-refractivity contribution in [1.29, 1.82) is 0 Å². The molecule has 7 heteroatoms. The molecule has 1 fully saturated rings. The van der Waals surface area contributed by atoms with Crippen LogP contribution in [0.25, 0.3) is 0 Å². The fraction of sp³-hybridized carbons (Fsp3) is 0.389. The highest BCUT2D eigenvalue weighted by molar-refractivity contribution is 7.91. The van der Waals surface area contributed by atoms with Gasteiger partial charge in [0.2, 0.25) is 0 Å². The molecule has 1 amide bonds. The Labute approximate surface area is 147 Å². The molecule has 25 heavy (non-hydrogen) atoms. The van der Waals surface area contributed by atoms with Crippen LogP contribution in [0.15, 0.2) is 40.8 Å². The minimum atomic E-state index is -3.04. The predicted molar refractivity (Wildman–Crippen MR) is 93.4 cm³/mol. The van der Waals surface area contributed by atoms with Gasteiger partial charge >= 0.3 is 0 Å². The lowest BCUT2D eigenvalue weighted by Gasteiger charge is -2.22. The summed E-state index contributed by atoms with van der Waals surface area (Å²) in [7, 11) is -1.43. The van der Waals surface area contributed by atoms with E-state index < -0.39 is 9.84 Å². The van der Waals surface area contributed by atoms with Gasteiger partial charge in [0.05, 0.1) is 11.5 Å². The second kappa shape index (κ2) is 6.92. The third-order valence-electron chi connectivity index (χ3n) is 4.41. The number of amides is 1. The number of rotatable bonds is 5. The van der Waals surface area contributed by atoms with Crippen molar-refractivity contribution in [1.82, 2.24) is 4.90 Å². The van der Waals surface area contributed by atoms with Gasteiger partial charge in [-0.05, 0) is 37.1 Å². The fourth-order valence-corrected chi connectivity index (χ4v) is 4.63. The Morgan fingerprint density at radius 3 is 2.72 bits per heavy atom. The molecule has 1 aliphatic rings. The minimum absolute atomic E-state index is 0.0131. The summed E-state index contributed by atoms with van der Waals surface area (Å²) in [5, 5.41) is 0. The Morgan fingerprint density at radius 2 is 2.04 bits per heavy atom. The summed E-state index contributed by atoms with van der Waals surface area (Å²) in [5.74, 6) is 1.32. The van der Waals surface area contributed by atoms with Crippen LogP contribution < -0.4 is 4.74 Å². The maximum Gasteiger partial charge on any atom is 0.289 e. The lowest BCUT2D eigenvalue weighted by atomic mass is 10.2. The topological polar surface area (TPSA) is 76.8 Å². The number of sulfone groups is 1. The van der Waals surface area contributed by atoms with Gasteiger partial charge in [0.15, 0.2) is 15.6 Å². The molecule has 0 spiro atoms. The zero-order valence-corrected chi connectivity index (χ0v) is 15.1. The third-order valence-corrected chi connectivity index (χ3v) is 6.16. The molecule has 0 aliphatic carbocycles. The molecule has 3 rings (SSSR count). The van der Waals surface area contributed by atoms with Gasteiger partial charge in [-0.15, -0.1) is 0 Å². The summed E-state index contributed by atoms with van der Waals surface area (Å²) >= 11 is 0. The Balaban J connectivity index is 1.63. The summed E-state index contributed by atoms with van der Waals surface area (Å²) in [6.07, 6.45) is 0.467. The number of carbonyl (C=O) groups is 1. The van der Waals surface area contributed by atoms with E-state index in [-0.39, 0.29) is 35.8 Å². The molecule has 2 heterocycles. The molecule has 0 bridgehead atoms. The Bertz CT molecular complexity index is 871. The number of benzene rings is 1. The standard InChI is InChI=1S/C18H21NO5S/c1-13-5-3-4-6-16(13)23-11-15-7-8-17(24-15)18(20)19(2)14-9-10-25(21,22)12-14/h3-8,14H,9-12H2,1-2H3/t14-/m0/s1. The largest absolute Gasteiger partial charge is 0.485 e. The van der Waals surface area contributed by atoms with E-state index in [2.05, 4.69) is 0 Å². The molecule has 1 aromatic heterocycles. The first-order valence-corrected chi connectivity index (χ1v) is 9.92. The van der Waals surface area contributed by atoms with Crippen LogP contribution >= 0.6 is 0 Å². The van der Waals surface area contributed by atoms with Gasteiger partial charge in [0.1, 0.15) is 18.1 Å². The molecule has 2 aromatic rings. The number of hydrogen-bond acceptors (Lipinski definition) is 5.